The molecule has 2 rings (SSSR count). The zero-order valence-corrected chi connectivity index (χ0v) is 16.3. The Morgan fingerprint density at radius 2 is 1.84 bits per heavy atom. The molecule has 0 unspecified atom stereocenters. The maximum absolute atomic E-state index is 11.8. The van der Waals surface area contributed by atoms with E-state index < -0.39 is 4.92 Å². The minimum atomic E-state index is -0.476. The van der Waals surface area contributed by atoms with Gasteiger partial charge in [-0.25, -0.2) is 5.43 Å². The van der Waals surface area contributed by atoms with Crippen LogP contribution in [0.3, 0.4) is 0 Å². The molecule has 0 radical (unpaired) electrons. The Labute approximate surface area is 160 Å². The first-order chi connectivity index (χ1) is 11.9. The summed E-state index contributed by atoms with van der Waals surface area (Å²) in [6.07, 6.45) is 1.42. The largest absolute Gasteiger partial charge is 0.376 e. The topological polar surface area (TPSA) is 96.6 Å². The Balaban J connectivity index is 1.85. The number of nitro benzene ring substituents is 1. The summed E-state index contributed by atoms with van der Waals surface area (Å²) in [6, 6.07) is 9.61. The molecule has 0 bridgehead atoms. The first kappa shape index (κ1) is 19.1. The molecule has 0 fully saturated rings. The molecule has 2 aromatic carbocycles. The molecular formula is C16H14Br2N4O3. The minimum absolute atomic E-state index is 0.000745. The van der Waals surface area contributed by atoms with E-state index in [9.17, 15) is 14.9 Å². The van der Waals surface area contributed by atoms with Gasteiger partial charge in [0.25, 0.3) is 11.6 Å². The van der Waals surface area contributed by atoms with E-state index >= 15 is 0 Å². The van der Waals surface area contributed by atoms with Crippen molar-refractivity contribution in [2.45, 2.75) is 6.92 Å². The number of carbonyl (C=O) groups excluding carboxylic acids is 1. The average Bonchev–Trinajstić information content (AvgIpc) is 2.58. The lowest BCUT2D eigenvalue weighted by Crippen LogP contribution is -2.25. The van der Waals surface area contributed by atoms with Crippen LogP contribution in [0.1, 0.15) is 11.1 Å². The van der Waals surface area contributed by atoms with Crippen LogP contribution >= 0.6 is 31.9 Å². The second-order valence-corrected chi connectivity index (χ2v) is 6.77. The number of halogens is 2. The van der Waals surface area contributed by atoms with Gasteiger partial charge in [0.15, 0.2) is 0 Å². The Morgan fingerprint density at radius 3 is 2.40 bits per heavy atom. The summed E-state index contributed by atoms with van der Waals surface area (Å²) in [5.41, 5.74) is 4.90. The fraction of sp³-hybridized carbons (Fsp3) is 0.125. The fourth-order valence-corrected chi connectivity index (χ4v) is 3.02. The van der Waals surface area contributed by atoms with Gasteiger partial charge in [-0.05, 0) is 42.3 Å². The van der Waals surface area contributed by atoms with Gasteiger partial charge in [0.1, 0.15) is 0 Å². The van der Waals surface area contributed by atoms with E-state index in [0.29, 0.717) is 5.56 Å². The van der Waals surface area contributed by atoms with Crippen LogP contribution in [0.25, 0.3) is 0 Å². The average molecular weight is 470 g/mol. The number of hydrazone groups is 1. The molecule has 1 amide bonds. The molecular weight excluding hydrogens is 456 g/mol. The summed E-state index contributed by atoms with van der Waals surface area (Å²) in [5, 5.41) is 17.4. The first-order valence-corrected chi connectivity index (χ1v) is 8.71. The zero-order valence-electron chi connectivity index (χ0n) is 13.1. The first-order valence-electron chi connectivity index (χ1n) is 7.12. The maximum atomic E-state index is 11.8. The third-order valence-corrected chi connectivity index (χ3v) is 4.89. The molecule has 7 nitrogen and oxygen atoms in total. The molecule has 2 aromatic rings. The molecule has 0 aliphatic rings. The molecule has 0 aliphatic carbocycles. The third-order valence-electron chi connectivity index (χ3n) is 3.24. The zero-order chi connectivity index (χ0) is 18.4. The summed E-state index contributed by atoms with van der Waals surface area (Å²) >= 11 is 6.90. The van der Waals surface area contributed by atoms with E-state index in [2.05, 4.69) is 47.7 Å². The highest BCUT2D eigenvalue weighted by atomic mass is 79.9. The fourth-order valence-electron chi connectivity index (χ4n) is 1.83. The molecule has 0 saturated heterocycles. The van der Waals surface area contributed by atoms with Crippen molar-refractivity contribution in [3.8, 4) is 0 Å². The highest BCUT2D eigenvalue weighted by molar-refractivity contribution is 9.11. The number of non-ortho nitro benzene ring substituents is 1. The second kappa shape index (κ2) is 8.72. The van der Waals surface area contributed by atoms with Crippen LogP contribution in [-0.4, -0.2) is 23.6 Å². The quantitative estimate of drug-likeness (QED) is 0.379. The molecule has 2 N–H and O–H groups in total. The Morgan fingerprint density at radius 1 is 1.24 bits per heavy atom. The van der Waals surface area contributed by atoms with E-state index in [1.807, 2.05) is 19.1 Å². The van der Waals surface area contributed by atoms with Crippen LogP contribution < -0.4 is 10.7 Å². The van der Waals surface area contributed by atoms with E-state index in [1.165, 1.54) is 18.3 Å². The van der Waals surface area contributed by atoms with Gasteiger partial charge < -0.3 is 5.32 Å². The monoisotopic (exact) mass is 468 g/mol. The summed E-state index contributed by atoms with van der Waals surface area (Å²) in [7, 11) is 0. The number of hydrogen-bond donors (Lipinski definition) is 2. The predicted octanol–water partition coefficient (Wildman–Crippen LogP) is 3.99. The number of nitrogens with one attached hydrogen (secondary N) is 2. The van der Waals surface area contributed by atoms with Gasteiger partial charge in [-0.1, -0.05) is 31.9 Å². The Hall–Kier alpha value is -2.26. The van der Waals surface area contributed by atoms with Crippen LogP contribution in [0.4, 0.5) is 11.4 Å². The SMILES string of the molecule is Cc1c(Br)cc(NCC(=O)N/N=C/c2ccc([N+](=O)[O-])cc2)cc1Br. The van der Waals surface area contributed by atoms with E-state index in [-0.39, 0.29) is 18.1 Å². The lowest BCUT2D eigenvalue weighted by molar-refractivity contribution is -0.384. The van der Waals surface area contributed by atoms with Gasteiger partial charge in [-0.3, -0.25) is 14.9 Å². The van der Waals surface area contributed by atoms with Crippen molar-refractivity contribution in [2.24, 2.45) is 5.10 Å². The Bertz CT molecular complexity index is 800. The van der Waals surface area contributed by atoms with Crippen molar-refractivity contribution in [1.29, 1.82) is 0 Å². The van der Waals surface area contributed by atoms with E-state index in [1.54, 1.807) is 12.1 Å². The highest BCUT2D eigenvalue weighted by Crippen LogP contribution is 2.28. The van der Waals surface area contributed by atoms with Crippen molar-refractivity contribution in [2.75, 3.05) is 11.9 Å². The molecule has 25 heavy (non-hydrogen) atoms. The number of hydrogen-bond acceptors (Lipinski definition) is 5. The number of anilines is 1. The predicted molar refractivity (Wildman–Crippen MR) is 104 cm³/mol. The van der Waals surface area contributed by atoms with Crippen LogP contribution in [0.15, 0.2) is 50.4 Å². The third kappa shape index (κ3) is 5.64. The van der Waals surface area contributed by atoms with Gasteiger partial charge in [0, 0.05) is 26.8 Å². The van der Waals surface area contributed by atoms with Gasteiger partial charge in [-0.15, -0.1) is 0 Å². The highest BCUT2D eigenvalue weighted by Gasteiger charge is 2.05. The molecule has 0 aliphatic heterocycles. The number of nitro groups is 1. The molecule has 0 heterocycles. The second-order valence-electron chi connectivity index (χ2n) is 5.06. The van der Waals surface area contributed by atoms with Gasteiger partial charge >= 0.3 is 0 Å². The minimum Gasteiger partial charge on any atom is -0.376 e. The van der Waals surface area contributed by atoms with Crippen molar-refractivity contribution in [3.63, 3.8) is 0 Å². The lowest BCUT2D eigenvalue weighted by Gasteiger charge is -2.09. The standard InChI is InChI=1S/C16H14Br2N4O3/c1-10-14(17)6-12(7-15(10)18)19-9-16(23)21-20-8-11-2-4-13(5-3-11)22(24)25/h2-8,19H,9H2,1H3,(H,21,23)/b20-8+. The van der Waals surface area contributed by atoms with Gasteiger partial charge in [-0.2, -0.15) is 5.10 Å². The van der Waals surface area contributed by atoms with Crippen molar-refractivity contribution >= 4 is 55.4 Å². The van der Waals surface area contributed by atoms with Crippen LogP contribution in [0.2, 0.25) is 0 Å². The summed E-state index contributed by atoms with van der Waals surface area (Å²) < 4.78 is 1.86. The molecule has 0 saturated carbocycles. The molecule has 0 aromatic heterocycles. The van der Waals surface area contributed by atoms with Gasteiger partial charge in [0.2, 0.25) is 0 Å². The van der Waals surface area contributed by atoms with Crippen LogP contribution in [0.5, 0.6) is 0 Å². The number of carbonyl (C=O) groups is 1. The molecule has 130 valence electrons. The van der Waals surface area contributed by atoms with Crippen molar-refractivity contribution < 1.29 is 9.72 Å². The molecule has 9 heteroatoms. The normalized spacial score (nSPS) is 10.7. The number of rotatable bonds is 6. The summed E-state index contributed by atoms with van der Waals surface area (Å²) in [4.78, 5) is 21.9. The molecule has 0 spiro atoms. The van der Waals surface area contributed by atoms with Crippen LogP contribution in [0, 0.1) is 17.0 Å². The maximum Gasteiger partial charge on any atom is 0.269 e. The molecule has 0 atom stereocenters. The van der Waals surface area contributed by atoms with Crippen molar-refractivity contribution in [3.05, 3.63) is 66.6 Å². The Kier molecular flexibility index (Phi) is 6.65. The van der Waals surface area contributed by atoms with Gasteiger partial charge in [0.05, 0.1) is 17.7 Å². The number of benzene rings is 2. The lowest BCUT2D eigenvalue weighted by atomic mass is 10.2. The summed E-state index contributed by atoms with van der Waals surface area (Å²) in [5.74, 6) is -0.314. The number of amides is 1. The smallest absolute Gasteiger partial charge is 0.269 e. The number of nitrogens with zero attached hydrogens (tertiary/aromatic N) is 2. The van der Waals surface area contributed by atoms with Crippen LogP contribution in [-0.2, 0) is 4.79 Å². The van der Waals surface area contributed by atoms with Crippen molar-refractivity contribution in [1.82, 2.24) is 5.43 Å². The summed E-state index contributed by atoms with van der Waals surface area (Å²) in [6.45, 7) is 2.02. The van der Waals surface area contributed by atoms with E-state index in [4.69, 9.17) is 0 Å². The van der Waals surface area contributed by atoms with E-state index in [0.717, 1.165) is 20.2 Å².